The van der Waals surface area contributed by atoms with Gasteiger partial charge < -0.3 is 24.6 Å². The molecule has 160 valence electrons. The first-order chi connectivity index (χ1) is 14.5. The van der Waals surface area contributed by atoms with Crippen molar-refractivity contribution in [3.8, 4) is 11.5 Å². The monoisotopic (exact) mass is 427 g/mol. The van der Waals surface area contributed by atoms with Crippen LogP contribution in [0.1, 0.15) is 25.3 Å². The van der Waals surface area contributed by atoms with Gasteiger partial charge in [0.15, 0.2) is 11.5 Å². The average molecular weight is 427 g/mol. The fourth-order valence-electron chi connectivity index (χ4n) is 4.32. The summed E-state index contributed by atoms with van der Waals surface area (Å²) in [6, 6.07) is 6.44. The number of fused-ring (bicyclic) bond motifs is 1. The molecule has 0 spiro atoms. The molecule has 1 fully saturated rings. The van der Waals surface area contributed by atoms with Gasteiger partial charge in [-0.05, 0) is 61.5 Å². The molecule has 1 amide bonds. The molecule has 4 rings (SSSR count). The van der Waals surface area contributed by atoms with Gasteiger partial charge >= 0.3 is 0 Å². The van der Waals surface area contributed by atoms with Crippen molar-refractivity contribution >= 4 is 19.8 Å². The number of amides is 1. The zero-order valence-electron chi connectivity index (χ0n) is 18.1. The molecule has 0 aromatic heterocycles. The number of hydrogen-bond donors (Lipinski definition) is 1. The minimum atomic E-state index is 0.0404. The van der Waals surface area contributed by atoms with Gasteiger partial charge in [-0.3, -0.25) is 4.79 Å². The van der Waals surface area contributed by atoms with Crippen molar-refractivity contribution < 1.29 is 14.3 Å². The molecule has 3 aliphatic heterocycles. The zero-order valence-corrected chi connectivity index (χ0v) is 19.1. The van der Waals surface area contributed by atoms with E-state index in [9.17, 15) is 4.79 Å². The zero-order chi connectivity index (χ0) is 21.3. The van der Waals surface area contributed by atoms with Crippen LogP contribution in [0, 0.1) is 0 Å². The highest BCUT2D eigenvalue weighted by Gasteiger charge is 2.33. The first-order valence-corrected chi connectivity index (χ1v) is 11.5. The second kappa shape index (κ2) is 8.83. The Morgan fingerprint density at radius 3 is 2.50 bits per heavy atom. The van der Waals surface area contributed by atoms with Crippen molar-refractivity contribution in [3.63, 3.8) is 0 Å². The molecule has 0 aliphatic carbocycles. The van der Waals surface area contributed by atoms with Gasteiger partial charge in [0.25, 0.3) is 5.91 Å². The highest BCUT2D eigenvalue weighted by molar-refractivity contribution is 7.51. The minimum absolute atomic E-state index is 0.0404. The summed E-state index contributed by atoms with van der Waals surface area (Å²) in [6.45, 7) is 4.18. The number of hydrogen-bond acceptors (Lipinski definition) is 5. The third-order valence-corrected chi connectivity index (χ3v) is 7.88. The lowest BCUT2D eigenvalue weighted by atomic mass is 10.0. The van der Waals surface area contributed by atoms with Gasteiger partial charge in [0, 0.05) is 31.4 Å². The molecule has 2 atom stereocenters. The van der Waals surface area contributed by atoms with Crippen LogP contribution in [0.2, 0.25) is 0 Å². The summed E-state index contributed by atoms with van der Waals surface area (Å²) in [5.41, 5.74) is 3.40. The Hall–Kier alpha value is -2.30. The summed E-state index contributed by atoms with van der Waals surface area (Å²) in [5, 5.41) is 4.43. The number of methoxy groups -OCH3 is 2. The van der Waals surface area contributed by atoms with Crippen molar-refractivity contribution in [3.05, 3.63) is 53.4 Å². The molecule has 1 saturated heterocycles. The highest BCUT2D eigenvalue weighted by Crippen LogP contribution is 2.48. The molecule has 0 saturated carbocycles. The molecule has 3 aliphatic rings. The molecule has 1 aromatic carbocycles. The molecule has 3 heterocycles. The molecule has 0 radical (unpaired) electrons. The Kier molecular flexibility index (Phi) is 6.16. The van der Waals surface area contributed by atoms with Crippen molar-refractivity contribution in [1.29, 1.82) is 0 Å². The third kappa shape index (κ3) is 3.99. The maximum atomic E-state index is 13.1. The summed E-state index contributed by atoms with van der Waals surface area (Å²) in [4.78, 5) is 17.4. The molecule has 1 N–H and O–H groups in total. The number of carbonyl (C=O) groups excluding carboxylic acids is 1. The molecule has 1 aromatic rings. The Balaban J connectivity index is 1.57. The SMILES string of the molecule is CNC1CCN(C2=CN3C(=O)C=C(c4ccc(OC)c(OC)c4)PC3C(C)=C2)CC1. The van der Waals surface area contributed by atoms with Crippen molar-refractivity contribution in [1.82, 2.24) is 15.1 Å². The number of carbonyl (C=O) groups is 1. The van der Waals surface area contributed by atoms with Crippen LogP contribution < -0.4 is 14.8 Å². The maximum Gasteiger partial charge on any atom is 0.252 e. The van der Waals surface area contributed by atoms with Crippen LogP contribution in [0.15, 0.2) is 47.8 Å². The predicted octanol–water partition coefficient (Wildman–Crippen LogP) is 3.38. The van der Waals surface area contributed by atoms with Gasteiger partial charge in [-0.2, -0.15) is 0 Å². The van der Waals surface area contributed by atoms with Crippen LogP contribution in [-0.4, -0.2) is 61.9 Å². The van der Waals surface area contributed by atoms with E-state index in [1.54, 1.807) is 20.3 Å². The van der Waals surface area contributed by atoms with Gasteiger partial charge in [-0.1, -0.05) is 14.6 Å². The first-order valence-electron chi connectivity index (χ1n) is 10.4. The Bertz CT molecular complexity index is 916. The summed E-state index contributed by atoms with van der Waals surface area (Å²) < 4.78 is 10.8. The fourth-order valence-corrected chi connectivity index (χ4v) is 5.79. The van der Waals surface area contributed by atoms with E-state index < -0.39 is 0 Å². The van der Waals surface area contributed by atoms with Gasteiger partial charge in [0.2, 0.25) is 0 Å². The van der Waals surface area contributed by atoms with Crippen molar-refractivity contribution in [2.45, 2.75) is 31.6 Å². The third-order valence-electron chi connectivity index (χ3n) is 6.13. The van der Waals surface area contributed by atoms with E-state index in [0.717, 1.165) is 42.5 Å². The van der Waals surface area contributed by atoms with Crippen LogP contribution in [0.5, 0.6) is 11.5 Å². The number of benzene rings is 1. The van der Waals surface area contributed by atoms with Crippen molar-refractivity contribution in [2.24, 2.45) is 0 Å². The Labute approximate surface area is 180 Å². The van der Waals surface area contributed by atoms with E-state index >= 15 is 0 Å². The van der Waals surface area contributed by atoms with E-state index in [-0.39, 0.29) is 11.7 Å². The number of nitrogens with zero attached hydrogens (tertiary/aromatic N) is 2. The van der Waals surface area contributed by atoms with Gasteiger partial charge in [0.05, 0.1) is 25.7 Å². The van der Waals surface area contributed by atoms with E-state index in [1.807, 2.05) is 30.1 Å². The lowest BCUT2D eigenvalue weighted by molar-refractivity contribution is -0.124. The number of likely N-dealkylation sites (tertiary alicyclic amines) is 1. The molecule has 30 heavy (non-hydrogen) atoms. The number of nitrogens with one attached hydrogen (secondary N) is 1. The van der Waals surface area contributed by atoms with Crippen LogP contribution in [-0.2, 0) is 4.79 Å². The summed E-state index contributed by atoms with van der Waals surface area (Å²) >= 11 is 0. The lowest BCUT2D eigenvalue weighted by Gasteiger charge is -2.41. The van der Waals surface area contributed by atoms with Gasteiger partial charge in [-0.25, -0.2) is 0 Å². The molecule has 0 bridgehead atoms. The summed E-state index contributed by atoms with van der Waals surface area (Å²) in [7, 11) is 5.77. The van der Waals surface area contributed by atoms with Crippen LogP contribution in [0.25, 0.3) is 5.31 Å². The first kappa shape index (κ1) is 21.0. The molecule has 2 unspecified atom stereocenters. The average Bonchev–Trinajstić information content (AvgIpc) is 2.79. The number of allylic oxidation sites excluding steroid dienone is 1. The summed E-state index contributed by atoms with van der Waals surface area (Å²) in [5.74, 6) is 1.50. The van der Waals surface area contributed by atoms with Gasteiger partial charge in [0.1, 0.15) is 0 Å². The molecular weight excluding hydrogens is 397 g/mol. The number of piperidine rings is 1. The Morgan fingerprint density at radius 2 is 1.83 bits per heavy atom. The normalized spacial score (nSPS) is 23.0. The Morgan fingerprint density at radius 1 is 1.10 bits per heavy atom. The lowest BCUT2D eigenvalue weighted by Crippen LogP contribution is -2.43. The topological polar surface area (TPSA) is 54.0 Å². The smallest absolute Gasteiger partial charge is 0.252 e. The highest BCUT2D eigenvalue weighted by atomic mass is 31.1. The van der Waals surface area contributed by atoms with E-state index in [1.165, 1.54) is 5.57 Å². The molecule has 7 heteroatoms. The molecular formula is C23H30N3O3P. The number of rotatable bonds is 5. The van der Waals surface area contributed by atoms with E-state index in [2.05, 4.69) is 29.4 Å². The van der Waals surface area contributed by atoms with Crippen LogP contribution in [0.3, 0.4) is 0 Å². The standard InChI is InChI=1S/C23H30N3O3P/c1-15-11-18(25-9-7-17(24-2)8-10-25)14-26-22(27)13-21(30-23(15)26)16-5-6-19(28-3)20(12-16)29-4/h5-6,11-14,17,23-24,30H,7-10H2,1-4H3. The van der Waals surface area contributed by atoms with Crippen LogP contribution >= 0.6 is 8.58 Å². The van der Waals surface area contributed by atoms with Crippen LogP contribution in [0.4, 0.5) is 0 Å². The maximum absolute atomic E-state index is 13.1. The second-order valence-corrected chi connectivity index (χ2v) is 9.29. The summed E-state index contributed by atoms with van der Waals surface area (Å²) in [6.07, 6.45) is 8.34. The predicted molar refractivity (Wildman–Crippen MR) is 122 cm³/mol. The fraction of sp³-hybridized carbons (Fsp3) is 0.435. The van der Waals surface area contributed by atoms with E-state index in [0.29, 0.717) is 26.1 Å². The number of ether oxygens (including phenoxy) is 2. The van der Waals surface area contributed by atoms with Gasteiger partial charge in [-0.15, -0.1) is 0 Å². The second-order valence-electron chi connectivity index (χ2n) is 7.91. The molecule has 6 nitrogen and oxygen atoms in total. The largest absolute Gasteiger partial charge is 0.493 e. The minimum Gasteiger partial charge on any atom is -0.493 e. The van der Waals surface area contributed by atoms with Crippen molar-refractivity contribution in [2.75, 3.05) is 34.4 Å². The quantitative estimate of drug-likeness (QED) is 0.731. The van der Waals surface area contributed by atoms with E-state index in [4.69, 9.17) is 9.47 Å².